The van der Waals surface area contributed by atoms with E-state index < -0.39 is 16.1 Å². The molecule has 4 aromatic rings. The van der Waals surface area contributed by atoms with Crippen LogP contribution >= 0.6 is 11.3 Å². The number of hydrogen-bond donors (Lipinski definition) is 1. The zero-order valence-corrected chi connectivity index (χ0v) is 19.4. The molecule has 0 unspecified atom stereocenters. The molecule has 3 heterocycles. The minimum Gasteiger partial charge on any atom is -0.496 e. The fraction of sp³-hybridized carbons (Fsp3) is 0.217. The van der Waals surface area contributed by atoms with Crippen molar-refractivity contribution < 1.29 is 22.6 Å². The number of methoxy groups -OCH3 is 1. The highest BCUT2D eigenvalue weighted by Crippen LogP contribution is 2.36. The fourth-order valence-corrected chi connectivity index (χ4v) is 5.84. The first-order chi connectivity index (χ1) is 16.0. The van der Waals surface area contributed by atoms with Crippen LogP contribution in [-0.2, 0) is 10.0 Å². The average molecular weight is 484 g/mol. The van der Waals surface area contributed by atoms with Crippen molar-refractivity contribution in [1.29, 1.82) is 0 Å². The molecule has 0 saturated heterocycles. The molecule has 5 rings (SSSR count). The summed E-state index contributed by atoms with van der Waals surface area (Å²) in [6, 6.07) is 14.8. The number of ether oxygens (including phenoxy) is 3. The van der Waals surface area contributed by atoms with Gasteiger partial charge in [-0.05, 0) is 30.3 Å². The minimum absolute atomic E-state index is 0.0749. The molecule has 1 atom stereocenters. The molecule has 0 bridgehead atoms. The number of fused-ring (bicyclic) bond motifs is 2. The van der Waals surface area contributed by atoms with E-state index in [1.54, 1.807) is 31.5 Å². The smallest absolute Gasteiger partial charge is 0.241 e. The minimum atomic E-state index is -3.96. The van der Waals surface area contributed by atoms with Crippen LogP contribution in [0.1, 0.15) is 23.0 Å². The second-order valence-electron chi connectivity index (χ2n) is 7.34. The van der Waals surface area contributed by atoms with Crippen molar-refractivity contribution in [3.05, 3.63) is 71.4 Å². The summed E-state index contributed by atoms with van der Waals surface area (Å²) in [6.07, 6.45) is 2.42. The van der Waals surface area contributed by atoms with Crippen molar-refractivity contribution >= 4 is 31.7 Å². The molecule has 0 fully saturated rings. The predicted molar refractivity (Wildman–Crippen MR) is 125 cm³/mol. The third-order valence-electron chi connectivity index (χ3n) is 5.18. The van der Waals surface area contributed by atoms with Gasteiger partial charge in [-0.25, -0.2) is 18.4 Å². The molecule has 2 aromatic carbocycles. The summed E-state index contributed by atoms with van der Waals surface area (Å²) in [4.78, 5) is 9.80. The molecule has 1 aliphatic heterocycles. The van der Waals surface area contributed by atoms with Crippen molar-refractivity contribution in [3.8, 4) is 17.2 Å². The maximum Gasteiger partial charge on any atom is 0.241 e. The second kappa shape index (κ2) is 8.97. The van der Waals surface area contributed by atoms with Gasteiger partial charge in [0.2, 0.25) is 10.0 Å². The second-order valence-corrected chi connectivity index (χ2v) is 10.1. The number of pyridine rings is 1. The molecule has 170 valence electrons. The van der Waals surface area contributed by atoms with Gasteiger partial charge in [-0.1, -0.05) is 29.5 Å². The standard InChI is InChI=1S/C23H21N3O5S2/c1-29-18-8-3-2-6-16(18)21(23-25-17-7-4-11-24-22(17)32-23)26-33(27,28)15-9-10-19-20(14-15)31-13-5-12-30-19/h2-4,6-11,14,21,26H,5,12-13H2,1H3/t21-/m1/s1. The van der Waals surface area contributed by atoms with Crippen LogP contribution in [0.25, 0.3) is 10.3 Å². The van der Waals surface area contributed by atoms with E-state index in [2.05, 4.69) is 14.7 Å². The molecule has 0 aliphatic carbocycles. The van der Waals surface area contributed by atoms with E-state index in [0.717, 1.165) is 11.3 Å². The number of hydrogen-bond acceptors (Lipinski definition) is 8. The van der Waals surface area contributed by atoms with E-state index >= 15 is 0 Å². The van der Waals surface area contributed by atoms with Crippen LogP contribution in [0.15, 0.2) is 65.7 Å². The number of sulfonamides is 1. The molecule has 0 radical (unpaired) electrons. The van der Waals surface area contributed by atoms with Crippen LogP contribution in [0.3, 0.4) is 0 Å². The Bertz CT molecular complexity index is 1370. The maximum atomic E-state index is 13.5. The lowest BCUT2D eigenvalue weighted by Crippen LogP contribution is -2.29. The van der Waals surface area contributed by atoms with Crippen molar-refractivity contribution in [2.24, 2.45) is 0 Å². The Morgan fingerprint density at radius 1 is 1.06 bits per heavy atom. The lowest BCUT2D eigenvalue weighted by atomic mass is 10.1. The quantitative estimate of drug-likeness (QED) is 0.444. The highest BCUT2D eigenvalue weighted by atomic mass is 32.2. The number of thiazole rings is 1. The highest BCUT2D eigenvalue weighted by Gasteiger charge is 2.29. The topological polar surface area (TPSA) is 99.6 Å². The van der Waals surface area contributed by atoms with Crippen LogP contribution < -0.4 is 18.9 Å². The molecule has 0 amide bonds. The largest absolute Gasteiger partial charge is 0.496 e. The molecule has 2 aromatic heterocycles. The van der Waals surface area contributed by atoms with Crippen LogP contribution in [0.5, 0.6) is 17.2 Å². The summed E-state index contributed by atoms with van der Waals surface area (Å²) in [5.74, 6) is 1.49. The number of rotatable bonds is 6. The van der Waals surface area contributed by atoms with E-state index in [4.69, 9.17) is 14.2 Å². The van der Waals surface area contributed by atoms with E-state index in [1.165, 1.54) is 23.5 Å². The first kappa shape index (κ1) is 21.6. The van der Waals surface area contributed by atoms with Gasteiger partial charge < -0.3 is 14.2 Å². The van der Waals surface area contributed by atoms with E-state index in [-0.39, 0.29) is 4.90 Å². The Kier molecular flexibility index (Phi) is 5.88. The summed E-state index contributed by atoms with van der Waals surface area (Å²) >= 11 is 1.33. The Labute approximate surface area is 195 Å². The fourth-order valence-electron chi connectivity index (χ4n) is 3.60. The van der Waals surface area contributed by atoms with Gasteiger partial charge in [0.05, 0.1) is 25.2 Å². The molecular weight excluding hydrogens is 462 g/mol. The van der Waals surface area contributed by atoms with E-state index in [9.17, 15) is 8.42 Å². The first-order valence-electron chi connectivity index (χ1n) is 10.3. The van der Waals surface area contributed by atoms with Crippen molar-refractivity contribution in [1.82, 2.24) is 14.7 Å². The van der Waals surface area contributed by atoms with Crippen molar-refractivity contribution in [3.63, 3.8) is 0 Å². The summed E-state index contributed by atoms with van der Waals surface area (Å²) in [6.45, 7) is 0.991. The molecular formula is C23H21N3O5S2. The lowest BCUT2D eigenvalue weighted by Gasteiger charge is -2.20. The first-order valence-corrected chi connectivity index (χ1v) is 12.6. The van der Waals surface area contributed by atoms with Gasteiger partial charge in [0.25, 0.3) is 0 Å². The Balaban J connectivity index is 1.57. The highest BCUT2D eigenvalue weighted by molar-refractivity contribution is 7.89. The molecule has 1 N–H and O–H groups in total. The lowest BCUT2D eigenvalue weighted by molar-refractivity contribution is 0.297. The van der Waals surface area contributed by atoms with Gasteiger partial charge in [-0.15, -0.1) is 0 Å². The molecule has 0 spiro atoms. The molecule has 1 aliphatic rings. The predicted octanol–water partition coefficient (Wildman–Crippen LogP) is 3.93. The monoisotopic (exact) mass is 483 g/mol. The van der Waals surface area contributed by atoms with Gasteiger partial charge in [0.15, 0.2) is 11.5 Å². The summed E-state index contributed by atoms with van der Waals surface area (Å²) in [5, 5.41) is 0.561. The van der Waals surface area contributed by atoms with Gasteiger partial charge in [0, 0.05) is 24.2 Å². The van der Waals surface area contributed by atoms with Crippen molar-refractivity contribution in [2.75, 3.05) is 20.3 Å². The SMILES string of the molecule is COc1ccccc1[C@@H](NS(=O)(=O)c1ccc2c(c1)OCCCO2)c1nc2cccnc2s1. The zero-order chi connectivity index (χ0) is 22.8. The molecule has 33 heavy (non-hydrogen) atoms. The Morgan fingerprint density at radius 3 is 2.70 bits per heavy atom. The number of nitrogens with zero attached hydrogens (tertiary/aromatic N) is 2. The van der Waals surface area contributed by atoms with Crippen LogP contribution in [0.2, 0.25) is 0 Å². The number of nitrogens with one attached hydrogen (secondary N) is 1. The molecule has 10 heteroatoms. The maximum absolute atomic E-state index is 13.5. The summed E-state index contributed by atoms with van der Waals surface area (Å²) in [5.41, 5.74) is 1.35. The average Bonchev–Trinajstić information content (AvgIpc) is 3.12. The van der Waals surface area contributed by atoms with Gasteiger partial charge in [-0.3, -0.25) is 0 Å². The number of para-hydroxylation sites is 1. The zero-order valence-electron chi connectivity index (χ0n) is 17.7. The van der Waals surface area contributed by atoms with E-state index in [1.807, 2.05) is 24.3 Å². The Morgan fingerprint density at radius 2 is 1.88 bits per heavy atom. The summed E-state index contributed by atoms with van der Waals surface area (Å²) < 4.78 is 46.6. The number of aromatic nitrogens is 2. The Hall–Kier alpha value is -3.21. The molecule has 0 saturated carbocycles. The van der Waals surface area contributed by atoms with Crippen LogP contribution in [-0.4, -0.2) is 38.7 Å². The van der Waals surface area contributed by atoms with Gasteiger partial charge >= 0.3 is 0 Å². The van der Waals surface area contributed by atoms with Gasteiger partial charge in [-0.2, -0.15) is 4.72 Å². The summed E-state index contributed by atoms with van der Waals surface area (Å²) in [7, 11) is -2.41. The third-order valence-corrected chi connectivity index (χ3v) is 7.65. The number of benzene rings is 2. The third kappa shape index (κ3) is 4.37. The van der Waals surface area contributed by atoms with E-state index in [0.29, 0.717) is 46.6 Å². The van der Waals surface area contributed by atoms with Gasteiger partial charge in [0.1, 0.15) is 27.1 Å². The van der Waals surface area contributed by atoms with Crippen LogP contribution in [0, 0.1) is 0 Å². The van der Waals surface area contributed by atoms with Crippen molar-refractivity contribution in [2.45, 2.75) is 17.4 Å². The molecule has 8 nitrogen and oxygen atoms in total. The normalized spacial score (nSPS) is 14.6. The van der Waals surface area contributed by atoms with Crippen LogP contribution in [0.4, 0.5) is 0 Å².